The van der Waals surface area contributed by atoms with E-state index < -0.39 is 0 Å². The predicted molar refractivity (Wildman–Crippen MR) is 115 cm³/mol. The molecule has 1 aromatic carbocycles. The molecule has 1 aliphatic carbocycles. The number of methoxy groups -OCH3 is 1. The highest BCUT2D eigenvalue weighted by Gasteiger charge is 2.29. The van der Waals surface area contributed by atoms with Crippen LogP contribution in [0.5, 0.6) is 0 Å². The van der Waals surface area contributed by atoms with Gasteiger partial charge in [-0.25, -0.2) is 4.79 Å². The molecule has 0 bridgehead atoms. The lowest BCUT2D eigenvalue weighted by atomic mass is 9.88. The van der Waals surface area contributed by atoms with Crippen molar-refractivity contribution >= 4 is 45.3 Å². The molecule has 0 saturated carbocycles. The summed E-state index contributed by atoms with van der Waals surface area (Å²) in [7, 11) is 1.45. The Bertz CT molecular complexity index is 890. The van der Waals surface area contributed by atoms with Crippen LogP contribution in [0.25, 0.3) is 0 Å². The highest BCUT2D eigenvalue weighted by molar-refractivity contribution is 7.80. The van der Waals surface area contributed by atoms with Crippen LogP contribution >= 0.6 is 23.6 Å². The van der Waals surface area contributed by atoms with E-state index in [4.69, 9.17) is 17.0 Å². The molecule has 1 unspecified atom stereocenters. The zero-order valence-electron chi connectivity index (χ0n) is 15.7. The number of aryl methyl sites for hydroxylation is 1. The number of ether oxygens (including phenoxy) is 1. The number of esters is 1. The zero-order chi connectivity index (χ0) is 19.0. The van der Waals surface area contributed by atoms with Gasteiger partial charge in [0.2, 0.25) is 0 Å². The summed E-state index contributed by atoms with van der Waals surface area (Å²) >= 11 is 7.40. The van der Waals surface area contributed by atoms with Crippen molar-refractivity contribution in [2.24, 2.45) is 5.92 Å². The second kappa shape index (κ2) is 7.60. The third-order valence-corrected chi connectivity index (χ3v) is 6.97. The Morgan fingerprint density at radius 2 is 2.15 bits per heavy atom. The fourth-order valence-corrected chi connectivity index (χ4v) is 5.82. The molecule has 2 heterocycles. The van der Waals surface area contributed by atoms with Gasteiger partial charge in [0.1, 0.15) is 5.00 Å². The fourth-order valence-electron chi connectivity index (χ4n) is 4.07. The molecule has 4 rings (SSSR count). The molecule has 0 fully saturated rings. The van der Waals surface area contributed by atoms with Gasteiger partial charge in [0.15, 0.2) is 5.11 Å². The van der Waals surface area contributed by atoms with Gasteiger partial charge in [-0.3, -0.25) is 0 Å². The van der Waals surface area contributed by atoms with E-state index in [1.807, 2.05) is 6.07 Å². The summed E-state index contributed by atoms with van der Waals surface area (Å²) in [6.45, 7) is 3.15. The Morgan fingerprint density at radius 3 is 2.96 bits per heavy atom. The minimum absolute atomic E-state index is 0.272. The van der Waals surface area contributed by atoms with Crippen molar-refractivity contribution in [3.8, 4) is 0 Å². The smallest absolute Gasteiger partial charge is 0.341 e. The summed E-state index contributed by atoms with van der Waals surface area (Å²) in [6.07, 6.45) is 5.20. The number of rotatable bonds is 2. The summed E-state index contributed by atoms with van der Waals surface area (Å²) in [6, 6.07) is 8.40. The van der Waals surface area contributed by atoms with Crippen LogP contribution in [-0.2, 0) is 24.0 Å². The van der Waals surface area contributed by atoms with E-state index in [0.29, 0.717) is 16.6 Å². The lowest BCUT2D eigenvalue weighted by Gasteiger charge is -2.31. The van der Waals surface area contributed by atoms with Crippen molar-refractivity contribution in [1.29, 1.82) is 0 Å². The molecule has 0 saturated heterocycles. The van der Waals surface area contributed by atoms with Gasteiger partial charge in [0, 0.05) is 17.1 Å². The van der Waals surface area contributed by atoms with Crippen LogP contribution in [0.1, 0.15) is 46.1 Å². The van der Waals surface area contributed by atoms with Gasteiger partial charge in [-0.15, -0.1) is 11.3 Å². The molecule has 0 radical (unpaired) electrons. The molecule has 27 heavy (non-hydrogen) atoms. The lowest BCUT2D eigenvalue weighted by Crippen LogP contribution is -2.38. The number of nitrogens with one attached hydrogen (secondary N) is 1. The quantitative estimate of drug-likeness (QED) is 0.579. The maximum Gasteiger partial charge on any atom is 0.341 e. The van der Waals surface area contributed by atoms with Crippen LogP contribution in [0.4, 0.5) is 10.7 Å². The first kappa shape index (κ1) is 18.4. The number of anilines is 2. The van der Waals surface area contributed by atoms with Gasteiger partial charge in [-0.2, -0.15) is 0 Å². The number of hydrogen-bond donors (Lipinski definition) is 1. The van der Waals surface area contributed by atoms with E-state index in [2.05, 4.69) is 35.3 Å². The van der Waals surface area contributed by atoms with Crippen LogP contribution in [0.3, 0.4) is 0 Å². The minimum atomic E-state index is -0.272. The SMILES string of the molecule is COC(=O)c1c(NC(=S)N2CCCc3ccccc32)sc2c1CCC(C)C2. The first-order valence-corrected chi connectivity index (χ1v) is 10.7. The molecule has 142 valence electrons. The normalized spacial score (nSPS) is 18.4. The maximum absolute atomic E-state index is 12.5. The highest BCUT2D eigenvalue weighted by atomic mass is 32.1. The standard InChI is InChI=1S/C21H24N2O2S2/c1-13-9-10-15-17(12-13)27-19(18(15)20(24)25-2)22-21(26)23-11-5-7-14-6-3-4-8-16(14)23/h3-4,6,8,13H,5,7,9-12H2,1-2H3,(H,22,26). The highest BCUT2D eigenvalue weighted by Crippen LogP contribution is 2.40. The summed E-state index contributed by atoms with van der Waals surface area (Å²) in [5.74, 6) is 0.377. The largest absolute Gasteiger partial charge is 0.465 e. The molecular weight excluding hydrogens is 376 g/mol. The number of nitrogens with zero attached hydrogens (tertiary/aromatic N) is 1. The number of fused-ring (bicyclic) bond motifs is 2. The third kappa shape index (κ3) is 3.48. The molecule has 0 amide bonds. The number of carbonyl (C=O) groups is 1. The summed E-state index contributed by atoms with van der Waals surface area (Å²) in [5, 5.41) is 4.86. The number of hydrogen-bond acceptors (Lipinski definition) is 4. The second-order valence-corrected chi connectivity index (χ2v) is 8.85. The second-order valence-electron chi connectivity index (χ2n) is 7.36. The molecule has 2 aromatic rings. The molecule has 1 aliphatic heterocycles. The molecule has 1 aromatic heterocycles. The van der Waals surface area contributed by atoms with Crippen LogP contribution in [0.2, 0.25) is 0 Å². The molecule has 1 N–H and O–H groups in total. The van der Waals surface area contributed by atoms with Gasteiger partial charge < -0.3 is 15.0 Å². The maximum atomic E-state index is 12.5. The van der Waals surface area contributed by atoms with Crippen molar-refractivity contribution in [3.63, 3.8) is 0 Å². The van der Waals surface area contributed by atoms with Gasteiger partial charge in [0.05, 0.1) is 12.7 Å². The van der Waals surface area contributed by atoms with E-state index in [0.717, 1.165) is 54.9 Å². The van der Waals surface area contributed by atoms with Crippen molar-refractivity contribution in [1.82, 2.24) is 0 Å². The van der Waals surface area contributed by atoms with E-state index in [-0.39, 0.29) is 5.97 Å². The number of carbonyl (C=O) groups excluding carboxylic acids is 1. The molecule has 4 nitrogen and oxygen atoms in total. The van der Waals surface area contributed by atoms with Crippen LogP contribution < -0.4 is 10.2 Å². The van der Waals surface area contributed by atoms with Gasteiger partial charge >= 0.3 is 5.97 Å². The van der Waals surface area contributed by atoms with E-state index >= 15 is 0 Å². The van der Waals surface area contributed by atoms with E-state index in [1.54, 1.807) is 11.3 Å². The van der Waals surface area contributed by atoms with E-state index in [1.165, 1.54) is 17.6 Å². The topological polar surface area (TPSA) is 41.6 Å². The lowest BCUT2D eigenvalue weighted by molar-refractivity contribution is 0.0601. The summed E-state index contributed by atoms with van der Waals surface area (Å²) < 4.78 is 5.08. The monoisotopic (exact) mass is 400 g/mol. The molecule has 6 heteroatoms. The van der Waals surface area contributed by atoms with Crippen LogP contribution in [0.15, 0.2) is 24.3 Å². The number of para-hydroxylation sites is 1. The Balaban J connectivity index is 1.65. The first-order valence-electron chi connectivity index (χ1n) is 9.47. The minimum Gasteiger partial charge on any atom is -0.465 e. The van der Waals surface area contributed by atoms with Gasteiger partial charge in [-0.1, -0.05) is 25.1 Å². The van der Waals surface area contributed by atoms with Crippen molar-refractivity contribution < 1.29 is 9.53 Å². The molecule has 1 atom stereocenters. The number of benzene rings is 1. The summed E-state index contributed by atoms with van der Waals surface area (Å²) in [5.41, 5.74) is 4.31. The van der Waals surface area contributed by atoms with Crippen molar-refractivity contribution in [2.45, 2.75) is 39.0 Å². The predicted octanol–water partition coefficient (Wildman–Crippen LogP) is 4.81. The van der Waals surface area contributed by atoms with Gasteiger partial charge in [-0.05, 0) is 67.4 Å². The molecular formula is C21H24N2O2S2. The van der Waals surface area contributed by atoms with E-state index in [9.17, 15) is 4.79 Å². The fraction of sp³-hybridized carbons (Fsp3) is 0.429. The summed E-state index contributed by atoms with van der Waals surface area (Å²) in [4.78, 5) is 15.9. The van der Waals surface area contributed by atoms with Crippen LogP contribution in [0, 0.1) is 5.92 Å². The Morgan fingerprint density at radius 1 is 1.33 bits per heavy atom. The number of thiophene rings is 1. The molecule has 2 aliphatic rings. The van der Waals surface area contributed by atoms with Gasteiger partial charge in [0.25, 0.3) is 0 Å². The Kier molecular flexibility index (Phi) is 5.19. The zero-order valence-corrected chi connectivity index (χ0v) is 17.3. The average Bonchev–Trinajstić information content (AvgIpc) is 3.03. The molecule has 0 spiro atoms. The van der Waals surface area contributed by atoms with Crippen molar-refractivity contribution in [2.75, 3.05) is 23.9 Å². The first-order chi connectivity index (χ1) is 13.1. The number of thiocarbonyl (C=S) groups is 1. The average molecular weight is 401 g/mol. The van der Waals surface area contributed by atoms with Crippen LogP contribution in [-0.4, -0.2) is 24.7 Å². The van der Waals surface area contributed by atoms with Crippen molar-refractivity contribution in [3.05, 3.63) is 45.8 Å². The third-order valence-electron chi connectivity index (χ3n) is 5.48. The Labute approximate surface area is 169 Å². The Hall–Kier alpha value is -1.92.